The van der Waals surface area contributed by atoms with Gasteiger partial charge in [0.25, 0.3) is 0 Å². The summed E-state index contributed by atoms with van der Waals surface area (Å²) in [4.78, 5) is 15.3. The van der Waals surface area contributed by atoms with E-state index in [4.69, 9.17) is 17.3 Å². The molecule has 0 unspecified atom stereocenters. The molecule has 2 aromatic rings. The Labute approximate surface area is 89.6 Å². The van der Waals surface area contributed by atoms with Crippen LogP contribution in [0.1, 0.15) is 10.4 Å². The number of methoxy groups -OCH3 is 1. The average Bonchev–Trinajstić information content (AvgIpc) is 2.55. The number of aromatic nitrogens is 3. The molecule has 2 aromatic heterocycles. The number of pyridine rings is 1. The Kier molecular flexibility index (Phi) is 2.20. The summed E-state index contributed by atoms with van der Waals surface area (Å²) in [7, 11) is 1.28. The molecule has 0 radical (unpaired) electrons. The topological polar surface area (TPSA) is 82.5 Å². The van der Waals surface area contributed by atoms with Gasteiger partial charge in [0, 0.05) is 6.20 Å². The number of nitrogens with zero attached hydrogens (tertiary/aromatic N) is 3. The van der Waals surface area contributed by atoms with Crippen LogP contribution >= 0.6 is 11.6 Å². The number of nitrogen functional groups attached to an aromatic ring is 1. The van der Waals surface area contributed by atoms with E-state index in [9.17, 15) is 4.79 Å². The van der Waals surface area contributed by atoms with Gasteiger partial charge in [0.15, 0.2) is 5.65 Å². The first-order chi connectivity index (χ1) is 7.11. The van der Waals surface area contributed by atoms with E-state index in [2.05, 4.69) is 14.8 Å². The molecule has 6 nitrogen and oxygen atoms in total. The summed E-state index contributed by atoms with van der Waals surface area (Å²) < 4.78 is 5.93. The highest BCUT2D eigenvalue weighted by atomic mass is 35.5. The fourth-order valence-corrected chi connectivity index (χ4v) is 1.43. The van der Waals surface area contributed by atoms with Crippen LogP contribution < -0.4 is 5.73 Å². The lowest BCUT2D eigenvalue weighted by Gasteiger charge is -2.00. The largest absolute Gasteiger partial charge is 0.465 e. The van der Waals surface area contributed by atoms with Crippen LogP contribution in [0.25, 0.3) is 5.65 Å². The Morgan fingerprint density at radius 2 is 2.40 bits per heavy atom. The van der Waals surface area contributed by atoms with Crippen molar-refractivity contribution in [2.24, 2.45) is 0 Å². The quantitative estimate of drug-likeness (QED) is 0.726. The summed E-state index contributed by atoms with van der Waals surface area (Å²) in [6, 6.07) is 1.46. The molecule has 0 fully saturated rings. The third-order valence-electron chi connectivity index (χ3n) is 1.82. The first-order valence-corrected chi connectivity index (χ1v) is 4.39. The molecule has 0 amide bonds. The van der Waals surface area contributed by atoms with Crippen molar-refractivity contribution in [2.45, 2.75) is 0 Å². The first-order valence-electron chi connectivity index (χ1n) is 4.01. The molecule has 78 valence electrons. The number of ether oxygens (including phenoxy) is 1. The maximum absolute atomic E-state index is 11.4. The second kappa shape index (κ2) is 3.39. The molecule has 15 heavy (non-hydrogen) atoms. The van der Waals surface area contributed by atoms with Gasteiger partial charge in [-0.2, -0.15) is 4.98 Å². The SMILES string of the molecule is COC(=O)c1cc(Cl)cn2nc(N)nc12. The summed E-state index contributed by atoms with van der Waals surface area (Å²) >= 11 is 5.80. The van der Waals surface area contributed by atoms with E-state index in [-0.39, 0.29) is 11.5 Å². The summed E-state index contributed by atoms with van der Waals surface area (Å²) in [5, 5.41) is 4.20. The highest BCUT2D eigenvalue weighted by Crippen LogP contribution is 2.17. The summed E-state index contributed by atoms with van der Waals surface area (Å²) in [5.74, 6) is -0.461. The van der Waals surface area contributed by atoms with Gasteiger partial charge in [0.1, 0.15) is 5.56 Å². The molecule has 0 aromatic carbocycles. The lowest BCUT2D eigenvalue weighted by Crippen LogP contribution is -2.04. The number of rotatable bonds is 1. The van der Waals surface area contributed by atoms with Gasteiger partial charge >= 0.3 is 5.97 Å². The van der Waals surface area contributed by atoms with Gasteiger partial charge in [0.2, 0.25) is 5.95 Å². The molecule has 0 spiro atoms. The molecule has 0 aliphatic heterocycles. The van der Waals surface area contributed by atoms with Crippen LogP contribution in [0.15, 0.2) is 12.3 Å². The first kappa shape index (κ1) is 9.72. The van der Waals surface area contributed by atoms with E-state index in [0.717, 1.165) is 0 Å². The van der Waals surface area contributed by atoms with Crippen LogP contribution in [0.5, 0.6) is 0 Å². The molecule has 0 saturated heterocycles. The lowest BCUT2D eigenvalue weighted by molar-refractivity contribution is 0.0602. The Bertz CT molecular complexity index is 537. The molecule has 7 heteroatoms. The number of nitrogens with two attached hydrogens (primary N) is 1. The van der Waals surface area contributed by atoms with E-state index >= 15 is 0 Å². The van der Waals surface area contributed by atoms with Crippen molar-refractivity contribution >= 4 is 29.2 Å². The molecule has 0 aliphatic carbocycles. The monoisotopic (exact) mass is 226 g/mol. The van der Waals surface area contributed by atoms with Crippen molar-refractivity contribution in [3.05, 3.63) is 22.8 Å². The van der Waals surface area contributed by atoms with Crippen LogP contribution in [0.4, 0.5) is 5.95 Å². The van der Waals surface area contributed by atoms with E-state index in [0.29, 0.717) is 10.7 Å². The third-order valence-corrected chi connectivity index (χ3v) is 2.03. The van der Waals surface area contributed by atoms with E-state index in [1.165, 1.54) is 23.9 Å². The van der Waals surface area contributed by atoms with Gasteiger partial charge in [-0.3, -0.25) is 0 Å². The van der Waals surface area contributed by atoms with Crippen LogP contribution in [0, 0.1) is 0 Å². The number of carbonyl (C=O) groups excluding carboxylic acids is 1. The summed E-state index contributed by atoms with van der Waals surface area (Å²) in [6.07, 6.45) is 1.51. The minimum absolute atomic E-state index is 0.0717. The second-order valence-corrected chi connectivity index (χ2v) is 3.24. The van der Waals surface area contributed by atoms with Crippen LogP contribution in [0.2, 0.25) is 5.02 Å². The third kappa shape index (κ3) is 1.59. The van der Waals surface area contributed by atoms with Gasteiger partial charge in [0.05, 0.1) is 12.1 Å². The minimum Gasteiger partial charge on any atom is -0.465 e. The van der Waals surface area contributed by atoms with Crippen molar-refractivity contribution in [3.8, 4) is 0 Å². The highest BCUT2D eigenvalue weighted by Gasteiger charge is 2.15. The predicted molar refractivity (Wildman–Crippen MR) is 53.7 cm³/mol. The number of hydrogen-bond acceptors (Lipinski definition) is 5. The van der Waals surface area contributed by atoms with Gasteiger partial charge < -0.3 is 10.5 Å². The molecule has 2 heterocycles. The van der Waals surface area contributed by atoms with Gasteiger partial charge in [-0.1, -0.05) is 11.6 Å². The summed E-state index contributed by atoms with van der Waals surface area (Å²) in [6.45, 7) is 0. The fraction of sp³-hybridized carbons (Fsp3) is 0.125. The van der Waals surface area contributed by atoms with Crippen molar-refractivity contribution in [1.82, 2.24) is 14.6 Å². The Balaban J connectivity index is 2.75. The van der Waals surface area contributed by atoms with E-state index in [1.54, 1.807) is 0 Å². The Hall–Kier alpha value is -1.82. The molecule has 0 aliphatic rings. The standard InChI is InChI=1S/C8H7ClN4O2/c1-15-7(14)5-2-4(9)3-13-6(5)11-8(10)12-13/h2-3H,1H3,(H2,10,12). The molecular weight excluding hydrogens is 220 g/mol. The van der Waals surface area contributed by atoms with Crippen molar-refractivity contribution in [2.75, 3.05) is 12.8 Å². The van der Waals surface area contributed by atoms with Crippen molar-refractivity contribution in [3.63, 3.8) is 0 Å². The Morgan fingerprint density at radius 1 is 1.67 bits per heavy atom. The molecule has 0 bridgehead atoms. The average molecular weight is 227 g/mol. The second-order valence-electron chi connectivity index (χ2n) is 2.80. The van der Waals surface area contributed by atoms with Crippen LogP contribution in [-0.4, -0.2) is 27.7 Å². The number of esters is 1. The van der Waals surface area contributed by atoms with Crippen molar-refractivity contribution in [1.29, 1.82) is 0 Å². The number of anilines is 1. The Morgan fingerprint density at radius 3 is 3.07 bits per heavy atom. The predicted octanol–water partition coefficient (Wildman–Crippen LogP) is 0.751. The molecular formula is C8H7ClN4O2. The highest BCUT2D eigenvalue weighted by molar-refractivity contribution is 6.31. The zero-order valence-corrected chi connectivity index (χ0v) is 8.52. The number of hydrogen-bond donors (Lipinski definition) is 1. The van der Waals surface area contributed by atoms with Gasteiger partial charge in [-0.25, -0.2) is 9.31 Å². The van der Waals surface area contributed by atoms with E-state index < -0.39 is 5.97 Å². The molecule has 0 atom stereocenters. The molecule has 0 saturated carbocycles. The van der Waals surface area contributed by atoms with Gasteiger partial charge in [-0.05, 0) is 6.07 Å². The van der Waals surface area contributed by atoms with E-state index in [1.807, 2.05) is 0 Å². The fourth-order valence-electron chi connectivity index (χ4n) is 1.23. The zero-order valence-electron chi connectivity index (χ0n) is 7.77. The molecule has 2 rings (SSSR count). The smallest absolute Gasteiger partial charge is 0.341 e. The molecule has 2 N–H and O–H groups in total. The zero-order chi connectivity index (χ0) is 11.0. The van der Waals surface area contributed by atoms with Crippen molar-refractivity contribution < 1.29 is 9.53 Å². The maximum Gasteiger partial charge on any atom is 0.341 e. The van der Waals surface area contributed by atoms with Gasteiger partial charge in [-0.15, -0.1) is 5.10 Å². The van der Waals surface area contributed by atoms with Crippen LogP contribution in [0.3, 0.4) is 0 Å². The summed E-state index contributed by atoms with van der Waals surface area (Å²) in [5.41, 5.74) is 5.97. The normalized spacial score (nSPS) is 10.5. The lowest BCUT2D eigenvalue weighted by atomic mass is 10.3. The number of fused-ring (bicyclic) bond motifs is 1. The minimum atomic E-state index is -0.532. The maximum atomic E-state index is 11.4. The van der Waals surface area contributed by atoms with Crippen LogP contribution in [-0.2, 0) is 4.74 Å². The number of halogens is 1. The number of carbonyl (C=O) groups is 1.